The number of likely N-dealkylation sites (tertiary alicyclic amines) is 1. The van der Waals surface area contributed by atoms with E-state index in [-0.39, 0.29) is 18.0 Å². The van der Waals surface area contributed by atoms with Crippen LogP contribution in [0.1, 0.15) is 19.3 Å². The van der Waals surface area contributed by atoms with E-state index in [4.69, 9.17) is 5.73 Å². The molecule has 4 N–H and O–H groups in total. The molecule has 2 atom stereocenters. The van der Waals surface area contributed by atoms with Gasteiger partial charge in [0.1, 0.15) is 0 Å². The second kappa shape index (κ2) is 6.30. The van der Waals surface area contributed by atoms with Gasteiger partial charge in [-0.15, -0.1) is 0 Å². The summed E-state index contributed by atoms with van der Waals surface area (Å²) in [6, 6.07) is -0.0347. The molecule has 3 rings (SSSR count). The van der Waals surface area contributed by atoms with Gasteiger partial charge in [0.25, 0.3) is 0 Å². The third-order valence-electron chi connectivity index (χ3n) is 4.30. The smallest absolute Gasteiger partial charge is 0.246 e. The minimum absolute atomic E-state index is 0.0613. The number of primary amides is 1. The minimum Gasteiger partial charge on any atom is -0.366 e. The van der Waals surface area contributed by atoms with E-state index in [9.17, 15) is 4.79 Å². The van der Waals surface area contributed by atoms with Crippen molar-refractivity contribution in [2.24, 2.45) is 10.7 Å². The van der Waals surface area contributed by atoms with E-state index in [0.29, 0.717) is 5.57 Å². The first kappa shape index (κ1) is 14.1. The van der Waals surface area contributed by atoms with Crippen LogP contribution in [0.5, 0.6) is 0 Å². The molecule has 0 aromatic heterocycles. The molecule has 0 bridgehead atoms. The molecule has 2 unspecified atom stereocenters. The number of amides is 1. The van der Waals surface area contributed by atoms with Crippen molar-refractivity contribution in [1.29, 1.82) is 0 Å². The van der Waals surface area contributed by atoms with Crippen molar-refractivity contribution in [3.8, 4) is 0 Å². The van der Waals surface area contributed by atoms with E-state index in [1.54, 1.807) is 6.08 Å². The molecule has 6 nitrogen and oxygen atoms in total. The largest absolute Gasteiger partial charge is 0.366 e. The van der Waals surface area contributed by atoms with E-state index in [1.165, 1.54) is 32.4 Å². The standard InChI is InChI=1S/C15H23N5O/c16-14(21)11-5-4-6-12-13(11)19-15(18-12)17-7-10-20-8-2-1-3-9-20/h4-6,12-13H,1-3,7-10H2,(H2,16,21)(H2,17,18,19). The molecule has 3 aliphatic rings. The van der Waals surface area contributed by atoms with E-state index in [2.05, 4.69) is 20.5 Å². The Labute approximate surface area is 125 Å². The van der Waals surface area contributed by atoms with Crippen LogP contribution in [0.25, 0.3) is 0 Å². The van der Waals surface area contributed by atoms with Crippen molar-refractivity contribution < 1.29 is 4.79 Å². The Morgan fingerprint density at radius 2 is 2.14 bits per heavy atom. The fourth-order valence-electron chi connectivity index (χ4n) is 3.15. The average molecular weight is 289 g/mol. The van der Waals surface area contributed by atoms with Gasteiger partial charge >= 0.3 is 0 Å². The second-order valence-electron chi connectivity index (χ2n) is 5.80. The molecule has 2 fully saturated rings. The summed E-state index contributed by atoms with van der Waals surface area (Å²) >= 11 is 0. The maximum absolute atomic E-state index is 11.4. The first-order chi connectivity index (χ1) is 10.2. The molecule has 0 radical (unpaired) electrons. The predicted octanol–water partition coefficient (Wildman–Crippen LogP) is -0.260. The van der Waals surface area contributed by atoms with Gasteiger partial charge in [-0.1, -0.05) is 24.6 Å². The maximum Gasteiger partial charge on any atom is 0.246 e. The summed E-state index contributed by atoms with van der Waals surface area (Å²) in [4.78, 5) is 18.5. The van der Waals surface area contributed by atoms with Crippen molar-refractivity contribution in [1.82, 2.24) is 15.5 Å². The first-order valence-corrected chi connectivity index (χ1v) is 7.72. The third-order valence-corrected chi connectivity index (χ3v) is 4.30. The zero-order valence-electron chi connectivity index (χ0n) is 12.2. The zero-order chi connectivity index (χ0) is 14.7. The number of carbonyl (C=O) groups excluding carboxylic acids is 1. The van der Waals surface area contributed by atoms with Crippen molar-refractivity contribution >= 4 is 11.9 Å². The predicted molar refractivity (Wildman–Crippen MR) is 82.9 cm³/mol. The molecule has 2 heterocycles. The molecule has 6 heteroatoms. The number of aliphatic imine (C=N–C) groups is 1. The number of hydrogen-bond acceptors (Lipinski definition) is 3. The average Bonchev–Trinajstić information content (AvgIpc) is 2.90. The van der Waals surface area contributed by atoms with E-state index >= 15 is 0 Å². The highest BCUT2D eigenvalue weighted by molar-refractivity contribution is 5.97. The van der Waals surface area contributed by atoms with Crippen LogP contribution in [0.3, 0.4) is 0 Å². The number of nitrogens with two attached hydrogens (primary N) is 1. The number of nitrogens with one attached hydrogen (secondary N) is 2. The molecule has 0 spiro atoms. The molecule has 2 aliphatic heterocycles. The van der Waals surface area contributed by atoms with Gasteiger partial charge in [0, 0.05) is 12.1 Å². The number of rotatable bonds is 4. The van der Waals surface area contributed by atoms with Crippen molar-refractivity contribution in [2.75, 3.05) is 26.2 Å². The summed E-state index contributed by atoms with van der Waals surface area (Å²) in [7, 11) is 0. The number of piperidine rings is 1. The Bertz CT molecular complexity index is 490. The second-order valence-corrected chi connectivity index (χ2v) is 5.80. The highest BCUT2D eigenvalue weighted by Crippen LogP contribution is 2.17. The van der Waals surface area contributed by atoms with Crippen LogP contribution in [-0.4, -0.2) is 55.0 Å². The number of guanidine groups is 1. The lowest BCUT2D eigenvalue weighted by Crippen LogP contribution is -2.40. The van der Waals surface area contributed by atoms with E-state index < -0.39 is 0 Å². The lowest BCUT2D eigenvalue weighted by Gasteiger charge is -2.25. The van der Waals surface area contributed by atoms with Gasteiger partial charge < -0.3 is 21.3 Å². The molecule has 0 aromatic rings. The maximum atomic E-state index is 11.4. The van der Waals surface area contributed by atoms with Gasteiger partial charge in [-0.3, -0.25) is 9.79 Å². The van der Waals surface area contributed by atoms with Crippen molar-refractivity contribution in [2.45, 2.75) is 31.3 Å². The topological polar surface area (TPSA) is 82.8 Å². The summed E-state index contributed by atoms with van der Waals surface area (Å²) in [5.41, 5.74) is 6.02. The number of hydrogen-bond donors (Lipinski definition) is 3. The monoisotopic (exact) mass is 289 g/mol. The zero-order valence-corrected chi connectivity index (χ0v) is 12.2. The van der Waals surface area contributed by atoms with E-state index in [0.717, 1.165) is 19.0 Å². The fourth-order valence-corrected chi connectivity index (χ4v) is 3.15. The number of nitrogens with zero attached hydrogens (tertiary/aromatic N) is 2. The third kappa shape index (κ3) is 3.26. The quantitative estimate of drug-likeness (QED) is 0.666. The number of fused-ring (bicyclic) bond motifs is 1. The normalized spacial score (nSPS) is 30.5. The summed E-state index contributed by atoms with van der Waals surface area (Å²) in [6.45, 7) is 4.15. The summed E-state index contributed by atoms with van der Waals surface area (Å²) in [5.74, 6) is 0.388. The first-order valence-electron chi connectivity index (χ1n) is 7.72. The molecule has 21 heavy (non-hydrogen) atoms. The van der Waals surface area contributed by atoms with Gasteiger partial charge in [-0.05, 0) is 25.9 Å². The Balaban J connectivity index is 1.54. The van der Waals surface area contributed by atoms with E-state index in [1.807, 2.05) is 12.2 Å². The highest BCUT2D eigenvalue weighted by atomic mass is 16.1. The van der Waals surface area contributed by atoms with Crippen LogP contribution < -0.4 is 16.4 Å². The Morgan fingerprint density at radius 1 is 1.33 bits per heavy atom. The van der Waals surface area contributed by atoms with Crippen LogP contribution >= 0.6 is 0 Å². The lowest BCUT2D eigenvalue weighted by atomic mass is 9.95. The van der Waals surface area contributed by atoms with Gasteiger partial charge in [0.2, 0.25) is 5.91 Å². The summed E-state index contributed by atoms with van der Waals surface area (Å²) in [5, 5.41) is 6.56. The Kier molecular flexibility index (Phi) is 4.24. The molecule has 0 aromatic carbocycles. The van der Waals surface area contributed by atoms with Crippen LogP contribution in [0.15, 0.2) is 28.8 Å². The molecular weight excluding hydrogens is 266 g/mol. The number of allylic oxidation sites excluding steroid dienone is 2. The summed E-state index contributed by atoms with van der Waals surface area (Å²) in [6.07, 6.45) is 9.62. The van der Waals surface area contributed by atoms with Gasteiger partial charge in [0.05, 0.1) is 18.6 Å². The van der Waals surface area contributed by atoms with Gasteiger partial charge in [-0.2, -0.15) is 0 Å². The Morgan fingerprint density at radius 3 is 2.90 bits per heavy atom. The van der Waals surface area contributed by atoms with Gasteiger partial charge in [-0.25, -0.2) is 0 Å². The molecule has 1 amide bonds. The molecule has 1 aliphatic carbocycles. The fraction of sp³-hybridized carbons (Fsp3) is 0.600. The van der Waals surface area contributed by atoms with Crippen LogP contribution in [0, 0.1) is 0 Å². The van der Waals surface area contributed by atoms with Crippen LogP contribution in [0.2, 0.25) is 0 Å². The van der Waals surface area contributed by atoms with Gasteiger partial charge in [0.15, 0.2) is 5.96 Å². The number of carbonyl (C=O) groups is 1. The minimum atomic E-state index is -0.377. The lowest BCUT2D eigenvalue weighted by molar-refractivity contribution is -0.114. The summed E-state index contributed by atoms with van der Waals surface area (Å²) < 4.78 is 0. The molecular formula is C15H23N5O. The van der Waals surface area contributed by atoms with Crippen molar-refractivity contribution in [3.63, 3.8) is 0 Å². The molecule has 114 valence electrons. The molecule has 0 saturated carbocycles. The van der Waals surface area contributed by atoms with Crippen LogP contribution in [0.4, 0.5) is 0 Å². The van der Waals surface area contributed by atoms with Crippen molar-refractivity contribution in [3.05, 3.63) is 23.8 Å². The highest BCUT2D eigenvalue weighted by Gasteiger charge is 2.34. The van der Waals surface area contributed by atoms with Crippen LogP contribution in [-0.2, 0) is 4.79 Å². The SMILES string of the molecule is NC(=O)C1=CC=CC2NC(=NCCN3CCCCC3)NC12. The molecule has 2 saturated heterocycles. The Hall–Kier alpha value is -1.82.